The van der Waals surface area contributed by atoms with E-state index in [9.17, 15) is 14.4 Å². The number of rotatable bonds is 10. The summed E-state index contributed by atoms with van der Waals surface area (Å²) in [6, 6.07) is 13.6. The molecule has 2 aromatic carbocycles. The smallest absolute Gasteiger partial charge is 0.414 e. The number of amides is 2. The Hall–Kier alpha value is -3.85. The standard InChI is InChI=1S/C25H29N3O6/c1-3-4-16-34-25(31)28(20-8-10-21(33-2)11-9-20)14-5-13-27-15-12-18-6-7-19(23(29)26-32)17-22(18)24(27)30/h6-12,15,17,32H,3-5,13-14,16H2,1-2H3,(H,26,29). The Bertz CT molecular complexity index is 1190. The Morgan fingerprint density at radius 3 is 2.53 bits per heavy atom. The van der Waals surface area contributed by atoms with Crippen LogP contribution in [0.1, 0.15) is 36.5 Å². The molecule has 1 heterocycles. The summed E-state index contributed by atoms with van der Waals surface area (Å²) in [5.41, 5.74) is 2.17. The molecule has 0 atom stereocenters. The quantitative estimate of drug-likeness (QED) is 0.265. The van der Waals surface area contributed by atoms with E-state index in [4.69, 9.17) is 14.7 Å². The molecule has 1 aromatic heterocycles. The van der Waals surface area contributed by atoms with Crippen molar-refractivity contribution in [1.82, 2.24) is 10.0 Å². The number of pyridine rings is 1. The Balaban J connectivity index is 1.76. The molecule has 9 heteroatoms. The maximum atomic E-state index is 13.0. The second-order valence-electron chi connectivity index (χ2n) is 7.73. The van der Waals surface area contributed by atoms with E-state index < -0.39 is 12.0 Å². The average molecular weight is 468 g/mol. The zero-order valence-corrected chi connectivity index (χ0v) is 19.3. The number of hydroxylamine groups is 1. The molecule has 0 aliphatic heterocycles. The Morgan fingerprint density at radius 2 is 1.85 bits per heavy atom. The minimum atomic E-state index is -0.687. The summed E-state index contributed by atoms with van der Waals surface area (Å²) in [6.45, 7) is 3.07. The van der Waals surface area contributed by atoms with Gasteiger partial charge >= 0.3 is 6.09 Å². The second kappa shape index (κ2) is 11.9. The molecular weight excluding hydrogens is 438 g/mol. The SMILES string of the molecule is CCCCOC(=O)N(CCCn1ccc2ccc(C(=O)NO)cc2c1=O)c1ccc(OC)cc1. The molecule has 2 N–H and O–H groups in total. The molecule has 0 bridgehead atoms. The summed E-state index contributed by atoms with van der Waals surface area (Å²) in [4.78, 5) is 39.0. The van der Waals surface area contributed by atoms with Crippen LogP contribution in [0.4, 0.5) is 10.5 Å². The fourth-order valence-electron chi connectivity index (χ4n) is 3.53. The first kappa shape index (κ1) is 24.8. The number of nitrogens with zero attached hydrogens (tertiary/aromatic N) is 2. The van der Waals surface area contributed by atoms with Crippen LogP contribution in [0.15, 0.2) is 59.5 Å². The molecule has 0 aliphatic rings. The molecule has 3 aromatic rings. The van der Waals surface area contributed by atoms with Gasteiger partial charge in [-0.25, -0.2) is 10.3 Å². The van der Waals surface area contributed by atoms with E-state index in [1.54, 1.807) is 60.1 Å². The number of unbranched alkanes of at least 4 members (excludes halogenated alkanes) is 1. The van der Waals surface area contributed by atoms with Gasteiger partial charge in [-0.05, 0) is 60.7 Å². The number of carbonyl (C=O) groups excluding carboxylic acids is 2. The molecule has 34 heavy (non-hydrogen) atoms. The first-order valence-electron chi connectivity index (χ1n) is 11.1. The van der Waals surface area contributed by atoms with Gasteiger partial charge < -0.3 is 14.0 Å². The van der Waals surface area contributed by atoms with Crippen LogP contribution in [0.3, 0.4) is 0 Å². The number of ether oxygens (including phenoxy) is 2. The lowest BCUT2D eigenvalue weighted by Gasteiger charge is -2.23. The highest BCUT2D eigenvalue weighted by Crippen LogP contribution is 2.21. The third-order valence-electron chi connectivity index (χ3n) is 5.45. The first-order chi connectivity index (χ1) is 16.5. The predicted octanol–water partition coefficient (Wildman–Crippen LogP) is 3.96. The van der Waals surface area contributed by atoms with Crippen LogP contribution in [0.2, 0.25) is 0 Å². The van der Waals surface area contributed by atoms with Crippen molar-refractivity contribution in [2.45, 2.75) is 32.7 Å². The van der Waals surface area contributed by atoms with Crippen LogP contribution in [0, 0.1) is 0 Å². The Kier molecular flexibility index (Phi) is 8.64. The molecule has 9 nitrogen and oxygen atoms in total. The van der Waals surface area contributed by atoms with Gasteiger partial charge in [0.1, 0.15) is 5.75 Å². The molecule has 0 radical (unpaired) electrons. The number of methoxy groups -OCH3 is 1. The predicted molar refractivity (Wildman–Crippen MR) is 129 cm³/mol. The Labute approximate surface area is 197 Å². The highest BCUT2D eigenvalue weighted by molar-refractivity contribution is 5.97. The Morgan fingerprint density at radius 1 is 1.09 bits per heavy atom. The molecule has 0 aliphatic carbocycles. The molecule has 0 saturated carbocycles. The van der Waals surface area contributed by atoms with Crippen molar-refractivity contribution < 1.29 is 24.3 Å². The normalized spacial score (nSPS) is 10.7. The lowest BCUT2D eigenvalue weighted by Crippen LogP contribution is -2.34. The highest BCUT2D eigenvalue weighted by Gasteiger charge is 2.17. The van der Waals surface area contributed by atoms with E-state index in [-0.39, 0.29) is 11.1 Å². The molecule has 0 saturated heterocycles. The zero-order chi connectivity index (χ0) is 24.5. The summed E-state index contributed by atoms with van der Waals surface area (Å²) in [5, 5.41) is 9.92. The third kappa shape index (κ3) is 5.93. The van der Waals surface area contributed by atoms with Crippen molar-refractivity contribution in [2.24, 2.45) is 0 Å². The number of fused-ring (bicyclic) bond motifs is 1. The molecule has 2 amide bonds. The largest absolute Gasteiger partial charge is 0.497 e. The van der Waals surface area contributed by atoms with Crippen LogP contribution in [0.5, 0.6) is 5.75 Å². The van der Waals surface area contributed by atoms with Gasteiger partial charge in [0.2, 0.25) is 0 Å². The molecule has 0 fully saturated rings. The van der Waals surface area contributed by atoms with Crippen molar-refractivity contribution in [2.75, 3.05) is 25.2 Å². The number of anilines is 1. The van der Waals surface area contributed by atoms with Gasteiger partial charge in [-0.3, -0.25) is 19.7 Å². The summed E-state index contributed by atoms with van der Waals surface area (Å²) < 4.78 is 12.1. The van der Waals surface area contributed by atoms with Gasteiger partial charge in [0.25, 0.3) is 11.5 Å². The minimum Gasteiger partial charge on any atom is -0.497 e. The van der Waals surface area contributed by atoms with Gasteiger partial charge in [-0.1, -0.05) is 19.4 Å². The van der Waals surface area contributed by atoms with Crippen molar-refractivity contribution in [1.29, 1.82) is 0 Å². The van der Waals surface area contributed by atoms with E-state index in [1.165, 1.54) is 16.7 Å². The van der Waals surface area contributed by atoms with Crippen LogP contribution in [-0.4, -0.2) is 42.0 Å². The summed E-state index contributed by atoms with van der Waals surface area (Å²) in [5.74, 6) is -0.00608. The average Bonchev–Trinajstić information content (AvgIpc) is 2.87. The number of hydrogen-bond donors (Lipinski definition) is 2. The highest BCUT2D eigenvalue weighted by atomic mass is 16.6. The maximum Gasteiger partial charge on any atom is 0.414 e. The fourth-order valence-corrected chi connectivity index (χ4v) is 3.53. The first-order valence-corrected chi connectivity index (χ1v) is 11.1. The monoisotopic (exact) mass is 467 g/mol. The minimum absolute atomic E-state index is 0.186. The van der Waals surface area contributed by atoms with E-state index in [1.807, 2.05) is 6.92 Å². The van der Waals surface area contributed by atoms with Crippen molar-refractivity contribution in [3.63, 3.8) is 0 Å². The number of aromatic nitrogens is 1. The van der Waals surface area contributed by atoms with E-state index >= 15 is 0 Å². The van der Waals surface area contributed by atoms with Crippen LogP contribution in [0.25, 0.3) is 10.8 Å². The number of benzene rings is 2. The van der Waals surface area contributed by atoms with Gasteiger partial charge in [-0.2, -0.15) is 0 Å². The van der Waals surface area contributed by atoms with Crippen molar-refractivity contribution >= 4 is 28.5 Å². The molecule has 3 rings (SSSR count). The van der Waals surface area contributed by atoms with E-state index in [2.05, 4.69) is 0 Å². The topological polar surface area (TPSA) is 110 Å². The number of aryl methyl sites for hydroxylation is 1. The second-order valence-corrected chi connectivity index (χ2v) is 7.73. The molecule has 0 spiro atoms. The van der Waals surface area contributed by atoms with Crippen molar-refractivity contribution in [3.05, 3.63) is 70.6 Å². The lowest BCUT2D eigenvalue weighted by molar-refractivity contribution is 0.0706. The molecule has 0 unspecified atom stereocenters. The third-order valence-corrected chi connectivity index (χ3v) is 5.45. The number of nitrogens with one attached hydrogen (secondary N) is 1. The number of hydrogen-bond acceptors (Lipinski definition) is 6. The fraction of sp³-hybridized carbons (Fsp3) is 0.320. The van der Waals surface area contributed by atoms with Crippen LogP contribution < -0.4 is 20.7 Å². The maximum absolute atomic E-state index is 13.0. The van der Waals surface area contributed by atoms with Gasteiger partial charge in [0, 0.05) is 35.9 Å². The number of carbonyl (C=O) groups is 2. The summed E-state index contributed by atoms with van der Waals surface area (Å²) >= 11 is 0. The lowest BCUT2D eigenvalue weighted by atomic mass is 10.1. The molecular formula is C25H29N3O6. The summed E-state index contributed by atoms with van der Waals surface area (Å²) in [6.07, 6.45) is 3.45. The zero-order valence-electron chi connectivity index (χ0n) is 19.3. The van der Waals surface area contributed by atoms with E-state index in [0.29, 0.717) is 48.3 Å². The van der Waals surface area contributed by atoms with Gasteiger partial charge in [0.05, 0.1) is 13.7 Å². The van der Waals surface area contributed by atoms with Crippen LogP contribution >= 0.6 is 0 Å². The van der Waals surface area contributed by atoms with Gasteiger partial charge in [0.15, 0.2) is 0 Å². The van der Waals surface area contributed by atoms with Gasteiger partial charge in [-0.15, -0.1) is 0 Å². The van der Waals surface area contributed by atoms with E-state index in [0.717, 1.165) is 12.8 Å². The van der Waals surface area contributed by atoms with Crippen molar-refractivity contribution in [3.8, 4) is 5.75 Å². The van der Waals surface area contributed by atoms with Crippen LogP contribution in [-0.2, 0) is 11.3 Å². The molecule has 180 valence electrons. The summed E-state index contributed by atoms with van der Waals surface area (Å²) in [7, 11) is 1.58.